The molecular formula is C22H23ClN2O4. The molecule has 1 aliphatic heterocycles. The number of hydrogen-bond donors (Lipinski definition) is 1. The number of halogens is 1. The highest BCUT2D eigenvalue weighted by atomic mass is 35.5. The minimum Gasteiger partial charge on any atom is -0.490 e. The number of imide groups is 1. The third kappa shape index (κ3) is 4.54. The van der Waals surface area contributed by atoms with Crippen LogP contribution in [0.2, 0.25) is 5.02 Å². The first-order chi connectivity index (χ1) is 13.9. The number of benzene rings is 2. The molecule has 152 valence electrons. The van der Waals surface area contributed by atoms with Gasteiger partial charge in [-0.3, -0.25) is 4.79 Å². The number of rotatable bonds is 7. The molecule has 0 radical (unpaired) electrons. The summed E-state index contributed by atoms with van der Waals surface area (Å²) in [5, 5.41) is 2.99. The lowest BCUT2D eigenvalue weighted by Crippen LogP contribution is -2.30. The van der Waals surface area contributed by atoms with Crippen LogP contribution in [-0.2, 0) is 4.79 Å². The zero-order valence-corrected chi connectivity index (χ0v) is 17.3. The molecule has 7 heteroatoms. The molecule has 1 aliphatic rings. The van der Waals surface area contributed by atoms with Gasteiger partial charge in [0, 0.05) is 0 Å². The van der Waals surface area contributed by atoms with E-state index < -0.39 is 11.9 Å². The molecule has 0 unspecified atom stereocenters. The summed E-state index contributed by atoms with van der Waals surface area (Å²) in [4.78, 5) is 26.2. The van der Waals surface area contributed by atoms with Gasteiger partial charge in [0.05, 0.1) is 23.4 Å². The quantitative estimate of drug-likeness (QED) is 0.510. The van der Waals surface area contributed by atoms with E-state index in [4.69, 9.17) is 21.1 Å². The minimum atomic E-state index is -0.500. The number of carbonyl (C=O) groups is 2. The van der Waals surface area contributed by atoms with Gasteiger partial charge in [0.1, 0.15) is 5.70 Å². The maximum absolute atomic E-state index is 12.8. The van der Waals surface area contributed by atoms with Crippen molar-refractivity contribution in [3.05, 3.63) is 58.7 Å². The summed E-state index contributed by atoms with van der Waals surface area (Å²) < 4.78 is 11.6. The lowest BCUT2D eigenvalue weighted by atomic mass is 10.1. The zero-order chi connectivity index (χ0) is 21.0. The fraction of sp³-hybridized carbons (Fsp3) is 0.273. The Morgan fingerprint density at radius 2 is 1.90 bits per heavy atom. The van der Waals surface area contributed by atoms with E-state index in [1.165, 1.54) is 0 Å². The summed E-state index contributed by atoms with van der Waals surface area (Å²) in [5.41, 5.74) is 1.28. The summed E-state index contributed by atoms with van der Waals surface area (Å²) in [6.45, 7) is 6.27. The van der Waals surface area contributed by atoms with Crippen LogP contribution in [0.3, 0.4) is 0 Å². The van der Waals surface area contributed by atoms with Gasteiger partial charge < -0.3 is 14.8 Å². The van der Waals surface area contributed by atoms with E-state index in [1.807, 2.05) is 26.8 Å². The van der Waals surface area contributed by atoms with E-state index in [0.717, 1.165) is 11.3 Å². The van der Waals surface area contributed by atoms with Crippen LogP contribution in [0.5, 0.6) is 11.5 Å². The van der Waals surface area contributed by atoms with Gasteiger partial charge in [0.2, 0.25) is 0 Å². The van der Waals surface area contributed by atoms with Crippen LogP contribution < -0.4 is 19.7 Å². The van der Waals surface area contributed by atoms with Gasteiger partial charge in [-0.05, 0) is 56.2 Å². The van der Waals surface area contributed by atoms with Crippen molar-refractivity contribution in [2.24, 2.45) is 0 Å². The first-order valence-corrected chi connectivity index (χ1v) is 9.87. The zero-order valence-electron chi connectivity index (χ0n) is 16.6. The Balaban J connectivity index is 1.94. The molecule has 1 saturated heterocycles. The average Bonchev–Trinajstić information content (AvgIpc) is 2.98. The summed E-state index contributed by atoms with van der Waals surface area (Å²) in [6, 6.07) is 11.7. The fourth-order valence-corrected chi connectivity index (χ4v) is 3.11. The maximum Gasteiger partial charge on any atom is 0.333 e. The van der Waals surface area contributed by atoms with E-state index in [0.29, 0.717) is 34.4 Å². The average molecular weight is 415 g/mol. The highest BCUT2D eigenvalue weighted by Gasteiger charge is 2.34. The van der Waals surface area contributed by atoms with Crippen LogP contribution in [0.25, 0.3) is 6.08 Å². The highest BCUT2D eigenvalue weighted by molar-refractivity contribution is 6.32. The normalized spacial score (nSPS) is 16.1. The van der Waals surface area contributed by atoms with E-state index in [9.17, 15) is 9.59 Å². The van der Waals surface area contributed by atoms with Crippen LogP contribution >= 0.6 is 11.6 Å². The van der Waals surface area contributed by atoms with Crippen molar-refractivity contribution in [3.63, 3.8) is 0 Å². The van der Waals surface area contributed by atoms with Crippen molar-refractivity contribution in [2.75, 3.05) is 11.5 Å². The molecule has 0 bridgehead atoms. The van der Waals surface area contributed by atoms with E-state index in [1.54, 1.807) is 42.5 Å². The number of hydrogen-bond acceptors (Lipinski definition) is 4. The Bertz CT molecular complexity index is 943. The van der Waals surface area contributed by atoms with Gasteiger partial charge in [-0.2, -0.15) is 0 Å². The topological polar surface area (TPSA) is 67.9 Å². The molecule has 0 saturated carbocycles. The van der Waals surface area contributed by atoms with Gasteiger partial charge in [0.15, 0.2) is 11.5 Å². The third-order valence-corrected chi connectivity index (χ3v) is 4.71. The highest BCUT2D eigenvalue weighted by Crippen LogP contribution is 2.38. The second-order valence-electron chi connectivity index (χ2n) is 6.56. The predicted octanol–water partition coefficient (Wildman–Crippen LogP) is 5.01. The smallest absolute Gasteiger partial charge is 0.333 e. The van der Waals surface area contributed by atoms with Crippen molar-refractivity contribution in [1.29, 1.82) is 0 Å². The van der Waals surface area contributed by atoms with E-state index in [2.05, 4.69) is 5.32 Å². The predicted molar refractivity (Wildman–Crippen MR) is 113 cm³/mol. The van der Waals surface area contributed by atoms with Crippen molar-refractivity contribution >= 4 is 35.3 Å². The number of anilines is 1. The first-order valence-electron chi connectivity index (χ1n) is 9.49. The minimum absolute atomic E-state index is 0.0222. The molecule has 3 rings (SSSR count). The Morgan fingerprint density at radius 1 is 1.17 bits per heavy atom. The van der Waals surface area contributed by atoms with E-state index >= 15 is 0 Å². The molecule has 0 aromatic heterocycles. The van der Waals surface area contributed by atoms with Gasteiger partial charge >= 0.3 is 6.03 Å². The molecule has 3 amide bonds. The lowest BCUT2D eigenvalue weighted by Gasteiger charge is -2.18. The summed E-state index contributed by atoms with van der Waals surface area (Å²) in [5.74, 6) is 0.525. The number of nitrogens with zero attached hydrogens (tertiary/aromatic N) is 1. The first kappa shape index (κ1) is 20.7. The Kier molecular flexibility index (Phi) is 6.44. The van der Waals surface area contributed by atoms with Crippen molar-refractivity contribution in [3.8, 4) is 11.5 Å². The van der Waals surface area contributed by atoms with Crippen molar-refractivity contribution in [2.45, 2.75) is 33.3 Å². The van der Waals surface area contributed by atoms with Crippen molar-refractivity contribution < 1.29 is 19.1 Å². The van der Waals surface area contributed by atoms with Crippen molar-refractivity contribution in [1.82, 2.24) is 5.32 Å². The molecule has 2 aromatic carbocycles. The molecule has 29 heavy (non-hydrogen) atoms. The van der Waals surface area contributed by atoms with Gasteiger partial charge in [-0.15, -0.1) is 0 Å². The molecule has 6 nitrogen and oxygen atoms in total. The van der Waals surface area contributed by atoms with Crippen LogP contribution in [0.4, 0.5) is 10.5 Å². The molecule has 1 atom stereocenters. The van der Waals surface area contributed by atoms with Gasteiger partial charge in [-0.1, -0.05) is 36.7 Å². The van der Waals surface area contributed by atoms with Gasteiger partial charge in [-0.25, -0.2) is 9.69 Å². The number of para-hydroxylation sites is 1. The number of ether oxygens (including phenoxy) is 2. The molecule has 0 spiro atoms. The largest absolute Gasteiger partial charge is 0.490 e. The molecule has 2 aromatic rings. The van der Waals surface area contributed by atoms with E-state index in [-0.39, 0.29) is 11.8 Å². The van der Waals surface area contributed by atoms with Crippen LogP contribution in [0, 0.1) is 0 Å². The fourth-order valence-electron chi connectivity index (χ4n) is 2.85. The van der Waals surface area contributed by atoms with Crippen LogP contribution in [0.15, 0.2) is 48.2 Å². The number of carbonyl (C=O) groups excluding carboxylic acids is 2. The Labute approximate surface area is 175 Å². The maximum atomic E-state index is 12.8. The summed E-state index contributed by atoms with van der Waals surface area (Å²) in [6.07, 6.45) is 2.37. The summed E-state index contributed by atoms with van der Waals surface area (Å²) in [7, 11) is 0. The standard InChI is InChI=1S/C22H23ClN2O4/c1-4-14(3)29-20-17(23)11-15(13-19(20)28-5-2)12-18-21(26)25(22(27)24-18)16-9-7-6-8-10-16/h6-14H,4-5H2,1-3H3,(H,24,27)/b18-12+/t14-/m1/s1. The molecule has 1 heterocycles. The number of amides is 3. The third-order valence-electron chi connectivity index (χ3n) is 4.43. The lowest BCUT2D eigenvalue weighted by molar-refractivity contribution is -0.113. The van der Waals surface area contributed by atoms with Crippen LogP contribution in [0.1, 0.15) is 32.8 Å². The number of urea groups is 1. The molecular weight excluding hydrogens is 392 g/mol. The SMILES string of the molecule is CCOc1cc(/C=C2/NC(=O)N(c3ccccc3)C2=O)cc(Cl)c1O[C@H](C)CC. The number of nitrogens with one attached hydrogen (secondary N) is 1. The Hall–Kier alpha value is -2.99. The second kappa shape index (κ2) is 9.01. The van der Waals surface area contributed by atoms with Gasteiger partial charge in [0.25, 0.3) is 5.91 Å². The molecule has 1 fully saturated rings. The monoisotopic (exact) mass is 414 g/mol. The molecule has 0 aliphatic carbocycles. The summed E-state index contributed by atoms with van der Waals surface area (Å²) >= 11 is 6.43. The Morgan fingerprint density at radius 3 is 2.55 bits per heavy atom. The van der Waals surface area contributed by atoms with Crippen LogP contribution in [-0.4, -0.2) is 24.6 Å². The second-order valence-corrected chi connectivity index (χ2v) is 6.97. The molecule has 1 N–H and O–H groups in total.